The first-order chi connectivity index (χ1) is 8.70. The Morgan fingerprint density at radius 3 is 2.94 bits per heavy atom. The quantitative estimate of drug-likeness (QED) is 0.800. The molecule has 2 rings (SSSR count). The van der Waals surface area contributed by atoms with Gasteiger partial charge in [0.05, 0.1) is 12.4 Å². The molecular formula is C11H12FN3O2S. The van der Waals surface area contributed by atoms with Crippen molar-refractivity contribution in [3.8, 4) is 0 Å². The summed E-state index contributed by atoms with van der Waals surface area (Å²) < 4.78 is 18.2. The highest BCUT2D eigenvalue weighted by atomic mass is 32.2. The van der Waals surface area contributed by atoms with Crippen LogP contribution in [0.25, 0.3) is 0 Å². The molecule has 0 saturated carbocycles. The Hall–Kier alpha value is -1.44. The van der Waals surface area contributed by atoms with Crippen molar-refractivity contribution in [2.24, 2.45) is 5.73 Å². The van der Waals surface area contributed by atoms with E-state index in [4.69, 9.17) is 15.4 Å². The van der Waals surface area contributed by atoms with E-state index in [1.165, 1.54) is 17.8 Å². The molecule has 0 aliphatic heterocycles. The van der Waals surface area contributed by atoms with Crippen molar-refractivity contribution >= 4 is 11.8 Å². The van der Waals surface area contributed by atoms with E-state index in [2.05, 4.69) is 10.1 Å². The van der Waals surface area contributed by atoms with E-state index in [9.17, 15) is 4.39 Å². The van der Waals surface area contributed by atoms with E-state index in [1.54, 1.807) is 18.2 Å². The van der Waals surface area contributed by atoms with Crippen LogP contribution in [-0.2, 0) is 5.75 Å². The molecule has 0 aliphatic carbocycles. The van der Waals surface area contributed by atoms with E-state index in [0.717, 1.165) is 0 Å². The fraction of sp³-hybridized carbons (Fsp3) is 0.273. The Morgan fingerprint density at radius 2 is 2.22 bits per heavy atom. The lowest BCUT2D eigenvalue weighted by Gasteiger charge is -2.00. The average molecular weight is 269 g/mol. The molecule has 1 atom stereocenters. The number of hydrogen-bond acceptors (Lipinski definition) is 6. The van der Waals surface area contributed by atoms with Crippen LogP contribution in [-0.4, -0.2) is 21.9 Å². The van der Waals surface area contributed by atoms with Crippen LogP contribution in [0, 0.1) is 5.82 Å². The molecule has 2 aromatic rings. The third-order valence-corrected chi connectivity index (χ3v) is 3.24. The second kappa shape index (κ2) is 5.94. The Balaban J connectivity index is 1.98. The fourth-order valence-corrected chi connectivity index (χ4v) is 2.04. The number of halogens is 1. The number of nitrogens with zero attached hydrogens (tertiary/aromatic N) is 2. The highest BCUT2D eigenvalue weighted by Gasteiger charge is 2.14. The van der Waals surface area contributed by atoms with Gasteiger partial charge in [-0.3, -0.25) is 0 Å². The van der Waals surface area contributed by atoms with Gasteiger partial charge in [-0.25, -0.2) is 4.39 Å². The van der Waals surface area contributed by atoms with Crippen molar-refractivity contribution in [2.45, 2.75) is 16.7 Å². The van der Waals surface area contributed by atoms with Crippen molar-refractivity contribution in [2.75, 3.05) is 6.61 Å². The van der Waals surface area contributed by atoms with Crippen LogP contribution in [0.15, 0.2) is 33.7 Å². The summed E-state index contributed by atoms with van der Waals surface area (Å²) in [5.74, 6) is 0.699. The van der Waals surface area contributed by atoms with E-state index < -0.39 is 6.04 Å². The fourth-order valence-electron chi connectivity index (χ4n) is 1.26. The number of hydrogen-bond donors (Lipinski definition) is 2. The molecule has 3 N–H and O–H groups in total. The van der Waals surface area contributed by atoms with Crippen molar-refractivity contribution in [3.05, 3.63) is 41.8 Å². The molecule has 18 heavy (non-hydrogen) atoms. The largest absolute Gasteiger partial charge is 0.394 e. The number of thioether (sulfide) groups is 1. The van der Waals surface area contributed by atoms with Gasteiger partial charge in [0, 0.05) is 4.90 Å². The second-order valence-electron chi connectivity index (χ2n) is 3.56. The maximum absolute atomic E-state index is 13.3. The summed E-state index contributed by atoms with van der Waals surface area (Å²) in [5, 5.41) is 12.5. The minimum Gasteiger partial charge on any atom is -0.394 e. The highest BCUT2D eigenvalue weighted by Crippen LogP contribution is 2.24. The Labute approximate surface area is 107 Å². The molecule has 5 nitrogen and oxygen atoms in total. The first-order valence-electron chi connectivity index (χ1n) is 5.27. The lowest BCUT2D eigenvalue weighted by molar-refractivity contribution is 0.236. The molecule has 7 heteroatoms. The van der Waals surface area contributed by atoms with Crippen LogP contribution in [0.5, 0.6) is 0 Å². The van der Waals surface area contributed by atoms with Crippen molar-refractivity contribution in [1.29, 1.82) is 0 Å². The normalized spacial score (nSPS) is 12.6. The number of nitrogens with two attached hydrogens (primary N) is 1. The summed E-state index contributed by atoms with van der Waals surface area (Å²) in [6.45, 7) is -0.262. The molecule has 1 aromatic heterocycles. The SMILES string of the molecule is NC(CO)c1nc(CSc2ccccc2F)no1. The van der Waals surface area contributed by atoms with E-state index in [0.29, 0.717) is 16.5 Å². The number of benzene rings is 1. The predicted molar refractivity (Wildman–Crippen MR) is 64.3 cm³/mol. The predicted octanol–water partition coefficient (Wildman–Crippen LogP) is 1.49. The number of aliphatic hydroxyl groups excluding tert-OH is 1. The highest BCUT2D eigenvalue weighted by molar-refractivity contribution is 7.98. The molecule has 0 aliphatic rings. The topological polar surface area (TPSA) is 85.2 Å². The zero-order valence-electron chi connectivity index (χ0n) is 9.41. The van der Waals surface area contributed by atoms with Gasteiger partial charge in [-0.15, -0.1) is 11.8 Å². The molecule has 0 fully saturated rings. The summed E-state index contributed by atoms with van der Waals surface area (Å²) >= 11 is 1.27. The van der Waals surface area contributed by atoms with E-state index in [-0.39, 0.29) is 18.3 Å². The molecule has 0 spiro atoms. The van der Waals surface area contributed by atoms with Gasteiger partial charge in [0.25, 0.3) is 0 Å². The first kappa shape index (κ1) is 13.0. The molecule has 0 bridgehead atoms. The summed E-state index contributed by atoms with van der Waals surface area (Å²) in [6.07, 6.45) is 0. The maximum Gasteiger partial charge on any atom is 0.245 e. The first-order valence-corrected chi connectivity index (χ1v) is 6.25. The van der Waals surface area contributed by atoms with Crippen LogP contribution in [0.2, 0.25) is 0 Å². The van der Waals surface area contributed by atoms with Gasteiger partial charge in [0.2, 0.25) is 5.89 Å². The Bertz CT molecular complexity index is 520. The number of aromatic nitrogens is 2. The van der Waals surface area contributed by atoms with E-state index in [1.807, 2.05) is 0 Å². The molecule has 0 radical (unpaired) electrons. The molecule has 0 amide bonds. The van der Waals surface area contributed by atoms with Crippen molar-refractivity contribution in [1.82, 2.24) is 10.1 Å². The third kappa shape index (κ3) is 3.06. The maximum atomic E-state index is 13.3. The van der Waals surface area contributed by atoms with Crippen LogP contribution >= 0.6 is 11.8 Å². The van der Waals surface area contributed by atoms with Crippen LogP contribution in [0.3, 0.4) is 0 Å². The minimum absolute atomic E-state index is 0.182. The molecule has 1 aromatic carbocycles. The lowest BCUT2D eigenvalue weighted by Crippen LogP contribution is -2.14. The van der Waals surface area contributed by atoms with Gasteiger partial charge in [-0.2, -0.15) is 4.98 Å². The summed E-state index contributed by atoms with van der Waals surface area (Å²) in [6, 6.07) is 5.79. The number of aliphatic hydroxyl groups is 1. The van der Waals surface area contributed by atoms with Gasteiger partial charge >= 0.3 is 0 Å². The average Bonchev–Trinajstić information content (AvgIpc) is 2.86. The van der Waals surface area contributed by atoms with Gasteiger partial charge in [-0.05, 0) is 12.1 Å². The number of rotatable bonds is 5. The monoisotopic (exact) mass is 269 g/mol. The van der Waals surface area contributed by atoms with Gasteiger partial charge in [0.15, 0.2) is 5.82 Å². The lowest BCUT2D eigenvalue weighted by atomic mass is 10.3. The third-order valence-electron chi connectivity index (χ3n) is 2.19. The van der Waals surface area contributed by atoms with Crippen LogP contribution in [0.1, 0.15) is 17.8 Å². The minimum atomic E-state index is -0.676. The second-order valence-corrected chi connectivity index (χ2v) is 4.57. The molecule has 96 valence electrons. The van der Waals surface area contributed by atoms with Crippen molar-refractivity contribution < 1.29 is 14.0 Å². The molecule has 1 unspecified atom stereocenters. The van der Waals surface area contributed by atoms with Gasteiger partial charge in [-0.1, -0.05) is 17.3 Å². The summed E-state index contributed by atoms with van der Waals surface area (Å²) in [4.78, 5) is 4.54. The zero-order valence-corrected chi connectivity index (χ0v) is 10.2. The van der Waals surface area contributed by atoms with Gasteiger partial charge < -0.3 is 15.4 Å². The van der Waals surface area contributed by atoms with Crippen LogP contribution < -0.4 is 5.73 Å². The Kier molecular flexibility index (Phi) is 4.29. The van der Waals surface area contributed by atoms with E-state index >= 15 is 0 Å². The zero-order chi connectivity index (χ0) is 13.0. The molecular weight excluding hydrogens is 257 g/mol. The summed E-state index contributed by atoms with van der Waals surface area (Å²) in [5.41, 5.74) is 5.53. The van der Waals surface area contributed by atoms with Crippen molar-refractivity contribution in [3.63, 3.8) is 0 Å². The van der Waals surface area contributed by atoms with Crippen LogP contribution in [0.4, 0.5) is 4.39 Å². The Morgan fingerprint density at radius 1 is 1.44 bits per heavy atom. The molecule has 0 saturated heterocycles. The standard InChI is InChI=1S/C11H12FN3O2S/c12-7-3-1-2-4-9(7)18-6-10-14-11(17-15-10)8(13)5-16/h1-4,8,16H,5-6,13H2. The van der Waals surface area contributed by atoms with Gasteiger partial charge in [0.1, 0.15) is 11.9 Å². The summed E-state index contributed by atoms with van der Waals surface area (Å²) in [7, 11) is 0. The molecule has 1 heterocycles. The smallest absolute Gasteiger partial charge is 0.245 e.